The van der Waals surface area contributed by atoms with Crippen molar-refractivity contribution >= 4 is 21.6 Å². The molecule has 0 heterocycles. The summed E-state index contributed by atoms with van der Waals surface area (Å²) in [7, 11) is 0. The van der Waals surface area contributed by atoms with Gasteiger partial charge in [0.15, 0.2) is 0 Å². The molecule has 102 valence electrons. The Kier molecular flexibility index (Phi) is 6.68. The van der Waals surface area contributed by atoms with Crippen LogP contribution in [0, 0.1) is 0 Å². The Labute approximate surface area is 118 Å². The monoisotopic (exact) mass is 315 g/mol. The molecule has 0 aromatic heterocycles. The van der Waals surface area contributed by atoms with Gasteiger partial charge in [-0.25, -0.2) is 0 Å². The quantitative estimate of drug-likeness (QED) is 0.812. The molecule has 1 atom stereocenters. The van der Waals surface area contributed by atoms with E-state index in [4.69, 9.17) is 5.11 Å². The summed E-state index contributed by atoms with van der Waals surface area (Å²) < 4.78 is 0.963. The fourth-order valence-corrected chi connectivity index (χ4v) is 2.51. The minimum Gasteiger partial charge on any atom is -0.395 e. The number of hydrogen-bond acceptors (Lipinski definition) is 3. The van der Waals surface area contributed by atoms with E-state index in [9.17, 15) is 5.11 Å². The van der Waals surface area contributed by atoms with Crippen LogP contribution in [-0.2, 0) is 0 Å². The zero-order chi connectivity index (χ0) is 13.5. The highest BCUT2D eigenvalue weighted by atomic mass is 79.9. The molecule has 0 saturated heterocycles. The van der Waals surface area contributed by atoms with Gasteiger partial charge < -0.3 is 15.1 Å². The van der Waals surface area contributed by atoms with Crippen LogP contribution in [-0.4, -0.2) is 29.9 Å². The Morgan fingerprint density at radius 2 is 2.06 bits per heavy atom. The summed E-state index contributed by atoms with van der Waals surface area (Å²) in [4.78, 5) is 2.17. The van der Waals surface area contributed by atoms with E-state index in [-0.39, 0.29) is 6.61 Å². The highest BCUT2D eigenvalue weighted by Crippen LogP contribution is 2.29. The third-order valence-electron chi connectivity index (χ3n) is 2.95. The molecule has 0 aliphatic rings. The maximum atomic E-state index is 9.55. The van der Waals surface area contributed by atoms with Crippen molar-refractivity contribution < 1.29 is 10.2 Å². The van der Waals surface area contributed by atoms with Crippen molar-refractivity contribution in [1.82, 2.24) is 0 Å². The van der Waals surface area contributed by atoms with Crippen LogP contribution in [0.25, 0.3) is 0 Å². The predicted molar refractivity (Wildman–Crippen MR) is 79.0 cm³/mol. The van der Waals surface area contributed by atoms with Crippen LogP contribution >= 0.6 is 15.9 Å². The number of nitrogens with zero attached hydrogens (tertiary/aromatic N) is 1. The standard InChI is InChI=1S/C14H22BrNO2/c1-3-4-7-16(8-9-17)14-6-5-12(11(2)18)10-13(14)15/h5-6,10-11,17-18H,3-4,7-9H2,1-2H3. The second-order valence-electron chi connectivity index (χ2n) is 4.45. The Morgan fingerprint density at radius 1 is 1.33 bits per heavy atom. The molecule has 3 nitrogen and oxygen atoms in total. The van der Waals surface area contributed by atoms with E-state index in [0.29, 0.717) is 6.54 Å². The molecule has 18 heavy (non-hydrogen) atoms. The normalized spacial score (nSPS) is 12.5. The van der Waals surface area contributed by atoms with Gasteiger partial charge in [0, 0.05) is 17.6 Å². The van der Waals surface area contributed by atoms with Crippen LogP contribution in [0.2, 0.25) is 0 Å². The molecule has 1 aromatic carbocycles. The van der Waals surface area contributed by atoms with Gasteiger partial charge in [-0.1, -0.05) is 19.4 Å². The largest absolute Gasteiger partial charge is 0.395 e. The van der Waals surface area contributed by atoms with Gasteiger partial charge in [0.25, 0.3) is 0 Å². The first-order valence-electron chi connectivity index (χ1n) is 6.43. The van der Waals surface area contributed by atoms with Gasteiger partial charge in [-0.3, -0.25) is 0 Å². The highest BCUT2D eigenvalue weighted by molar-refractivity contribution is 9.10. The number of anilines is 1. The van der Waals surface area contributed by atoms with E-state index >= 15 is 0 Å². The van der Waals surface area contributed by atoms with Crippen LogP contribution in [0.5, 0.6) is 0 Å². The van der Waals surface area contributed by atoms with Crippen molar-refractivity contribution in [1.29, 1.82) is 0 Å². The number of halogens is 1. The van der Waals surface area contributed by atoms with Gasteiger partial charge in [-0.05, 0) is 47.0 Å². The lowest BCUT2D eigenvalue weighted by molar-refractivity contribution is 0.199. The zero-order valence-corrected chi connectivity index (χ0v) is 12.7. The average Bonchev–Trinajstić information content (AvgIpc) is 2.34. The third kappa shape index (κ3) is 4.26. The van der Waals surface area contributed by atoms with Gasteiger partial charge in [0.1, 0.15) is 0 Å². The zero-order valence-electron chi connectivity index (χ0n) is 11.1. The summed E-state index contributed by atoms with van der Waals surface area (Å²) >= 11 is 3.54. The van der Waals surface area contributed by atoms with Crippen LogP contribution in [0.1, 0.15) is 38.4 Å². The lowest BCUT2D eigenvalue weighted by atomic mass is 10.1. The molecule has 1 rings (SSSR count). The lowest BCUT2D eigenvalue weighted by Gasteiger charge is -2.25. The number of hydrogen-bond donors (Lipinski definition) is 2. The highest BCUT2D eigenvalue weighted by Gasteiger charge is 2.11. The van der Waals surface area contributed by atoms with Crippen molar-refractivity contribution in [2.75, 3.05) is 24.6 Å². The first kappa shape index (κ1) is 15.5. The van der Waals surface area contributed by atoms with Crippen molar-refractivity contribution in [3.8, 4) is 0 Å². The molecular formula is C14H22BrNO2. The molecule has 0 radical (unpaired) electrons. The summed E-state index contributed by atoms with van der Waals surface area (Å²) in [5.74, 6) is 0. The van der Waals surface area contributed by atoms with Crippen LogP contribution in [0.3, 0.4) is 0 Å². The van der Waals surface area contributed by atoms with E-state index in [1.165, 1.54) is 0 Å². The number of aliphatic hydroxyl groups is 2. The summed E-state index contributed by atoms with van der Waals surface area (Å²) in [6, 6.07) is 5.87. The summed E-state index contributed by atoms with van der Waals surface area (Å²) in [6.45, 7) is 5.62. The van der Waals surface area contributed by atoms with Crippen molar-refractivity contribution in [3.05, 3.63) is 28.2 Å². The van der Waals surface area contributed by atoms with E-state index < -0.39 is 6.10 Å². The lowest BCUT2D eigenvalue weighted by Crippen LogP contribution is -2.28. The van der Waals surface area contributed by atoms with Gasteiger partial charge in [-0.15, -0.1) is 0 Å². The molecule has 0 aliphatic carbocycles. The summed E-state index contributed by atoms with van der Waals surface area (Å²) in [6.07, 6.45) is 1.77. The molecule has 2 N–H and O–H groups in total. The molecule has 0 bridgehead atoms. The minimum atomic E-state index is -0.461. The van der Waals surface area contributed by atoms with Gasteiger partial charge in [-0.2, -0.15) is 0 Å². The fourth-order valence-electron chi connectivity index (χ4n) is 1.86. The molecule has 0 fully saturated rings. The third-order valence-corrected chi connectivity index (χ3v) is 3.58. The Hall–Kier alpha value is -0.580. The average molecular weight is 316 g/mol. The fraction of sp³-hybridized carbons (Fsp3) is 0.571. The smallest absolute Gasteiger partial charge is 0.0762 e. The Morgan fingerprint density at radius 3 is 2.56 bits per heavy atom. The number of benzene rings is 1. The first-order valence-corrected chi connectivity index (χ1v) is 7.22. The summed E-state index contributed by atoms with van der Waals surface area (Å²) in [5, 5.41) is 18.7. The Balaban J connectivity index is 2.90. The number of unbranched alkanes of at least 4 members (excludes halogenated alkanes) is 1. The predicted octanol–water partition coefficient (Wildman–Crippen LogP) is 3.10. The number of aliphatic hydroxyl groups excluding tert-OH is 2. The Bertz CT molecular complexity index is 369. The van der Waals surface area contributed by atoms with Crippen molar-refractivity contribution in [2.24, 2.45) is 0 Å². The topological polar surface area (TPSA) is 43.7 Å². The van der Waals surface area contributed by atoms with Gasteiger partial charge in [0.05, 0.1) is 18.4 Å². The molecule has 1 unspecified atom stereocenters. The molecule has 0 saturated carbocycles. The molecule has 1 aromatic rings. The minimum absolute atomic E-state index is 0.147. The maximum Gasteiger partial charge on any atom is 0.0762 e. The first-order chi connectivity index (χ1) is 8.60. The van der Waals surface area contributed by atoms with Crippen molar-refractivity contribution in [3.63, 3.8) is 0 Å². The van der Waals surface area contributed by atoms with E-state index in [2.05, 4.69) is 27.8 Å². The second-order valence-corrected chi connectivity index (χ2v) is 5.31. The van der Waals surface area contributed by atoms with Crippen molar-refractivity contribution in [2.45, 2.75) is 32.8 Å². The van der Waals surface area contributed by atoms with Gasteiger partial charge >= 0.3 is 0 Å². The van der Waals surface area contributed by atoms with Crippen LogP contribution in [0.15, 0.2) is 22.7 Å². The van der Waals surface area contributed by atoms with Gasteiger partial charge in [0.2, 0.25) is 0 Å². The van der Waals surface area contributed by atoms with Crippen LogP contribution in [0.4, 0.5) is 5.69 Å². The second kappa shape index (κ2) is 7.77. The maximum absolute atomic E-state index is 9.55. The van der Waals surface area contributed by atoms with E-state index in [1.54, 1.807) is 6.92 Å². The molecule has 0 aliphatic heterocycles. The molecular weight excluding hydrogens is 294 g/mol. The molecule has 4 heteroatoms. The van der Waals surface area contributed by atoms with Crippen LogP contribution < -0.4 is 4.90 Å². The SMILES string of the molecule is CCCCN(CCO)c1ccc(C(C)O)cc1Br. The molecule has 0 amide bonds. The molecule has 0 spiro atoms. The summed E-state index contributed by atoms with van der Waals surface area (Å²) in [5.41, 5.74) is 1.96. The van der Waals surface area contributed by atoms with E-state index in [0.717, 1.165) is 35.1 Å². The van der Waals surface area contributed by atoms with E-state index in [1.807, 2.05) is 18.2 Å². The number of rotatable bonds is 7.